The number of aliphatic carboxylic acids is 1. The van der Waals surface area contributed by atoms with E-state index in [1.54, 1.807) is 13.8 Å². The monoisotopic (exact) mass is 742 g/mol. The highest BCUT2D eigenvalue weighted by Crippen LogP contribution is 2.08. The smallest absolute Gasteiger partial charge is 0.326 e. The summed E-state index contributed by atoms with van der Waals surface area (Å²) in [4.78, 5) is 96.2. The van der Waals surface area contributed by atoms with Gasteiger partial charge in [-0.1, -0.05) is 13.8 Å². The van der Waals surface area contributed by atoms with Gasteiger partial charge in [-0.3, -0.25) is 28.8 Å². The number of aromatic nitrogens is 2. The number of H-pyrrole nitrogens is 1. The maximum Gasteiger partial charge on any atom is 0.326 e. The fourth-order valence-electron chi connectivity index (χ4n) is 4.70. The molecule has 15 N–H and O–H groups in total. The van der Waals surface area contributed by atoms with Gasteiger partial charge in [-0.25, -0.2) is 9.78 Å². The van der Waals surface area contributed by atoms with Crippen molar-refractivity contribution in [3.05, 3.63) is 18.2 Å². The summed E-state index contributed by atoms with van der Waals surface area (Å²) < 4.78 is 0. The van der Waals surface area contributed by atoms with Crippen LogP contribution in [0.1, 0.15) is 59.1 Å². The number of nitrogens with two attached hydrogens (primary N) is 2. The number of aliphatic hydroxyl groups excluding tert-OH is 3. The first-order chi connectivity index (χ1) is 24.4. The van der Waals surface area contributed by atoms with E-state index in [2.05, 4.69) is 41.9 Å². The van der Waals surface area contributed by atoms with Crippen LogP contribution >= 0.6 is 0 Å². The molecule has 6 amide bonds. The van der Waals surface area contributed by atoms with Gasteiger partial charge in [0.2, 0.25) is 35.4 Å². The van der Waals surface area contributed by atoms with Gasteiger partial charge in [-0.15, -0.1) is 0 Å². The molecule has 0 saturated carbocycles. The fraction of sp³-hybridized carbons (Fsp3) is 0.677. The SMILES string of the molecule is CC(C)C[C@H](NC(=O)[C@@H](NC(=O)[C@H](Cc1cnc[nH]1)NC(=O)[C@@H](N)CO)[C@@H](C)O)C(=O)N[C@@H](CO)C(=O)N[C@@H](C)C(=O)N[C@@H](CCCCN)C(=O)O. The van der Waals surface area contributed by atoms with Gasteiger partial charge in [0.25, 0.3) is 0 Å². The van der Waals surface area contributed by atoms with E-state index in [9.17, 15) is 54.0 Å². The van der Waals surface area contributed by atoms with Gasteiger partial charge in [0.05, 0.1) is 25.6 Å². The molecule has 0 fully saturated rings. The second kappa shape index (κ2) is 23.0. The van der Waals surface area contributed by atoms with Crippen molar-refractivity contribution >= 4 is 41.4 Å². The third kappa shape index (κ3) is 15.7. The summed E-state index contributed by atoms with van der Waals surface area (Å²) in [7, 11) is 0. The summed E-state index contributed by atoms with van der Waals surface area (Å²) in [6, 6.07) is -9.78. The largest absolute Gasteiger partial charge is 0.480 e. The molecular weight excluding hydrogens is 688 g/mol. The number of carboxylic acids is 1. The van der Waals surface area contributed by atoms with Gasteiger partial charge < -0.3 is 68.8 Å². The molecule has 1 rings (SSSR count). The number of nitrogens with zero attached hydrogens (tertiary/aromatic N) is 1. The number of carboxylic acid groups (broad SMARTS) is 1. The zero-order chi connectivity index (χ0) is 39.5. The molecule has 52 heavy (non-hydrogen) atoms. The Kier molecular flexibility index (Phi) is 20.0. The lowest BCUT2D eigenvalue weighted by atomic mass is 10.0. The maximum atomic E-state index is 13.4. The van der Waals surface area contributed by atoms with E-state index < -0.39 is 103 Å². The van der Waals surface area contributed by atoms with E-state index in [4.69, 9.17) is 11.5 Å². The quantitative estimate of drug-likeness (QED) is 0.0441. The molecule has 0 bridgehead atoms. The number of rotatable bonds is 24. The van der Waals surface area contributed by atoms with Crippen LogP contribution in [0.4, 0.5) is 0 Å². The summed E-state index contributed by atoms with van der Waals surface area (Å²) >= 11 is 0. The van der Waals surface area contributed by atoms with E-state index in [1.807, 2.05) is 0 Å². The van der Waals surface area contributed by atoms with Crippen LogP contribution in [0.15, 0.2) is 12.5 Å². The van der Waals surface area contributed by atoms with Crippen molar-refractivity contribution in [3.8, 4) is 0 Å². The molecule has 0 radical (unpaired) electrons. The van der Waals surface area contributed by atoms with Gasteiger partial charge in [-0.05, 0) is 52.0 Å². The Morgan fingerprint density at radius 3 is 1.85 bits per heavy atom. The molecule has 0 aliphatic rings. The number of carbonyl (C=O) groups is 7. The molecule has 8 atom stereocenters. The number of aromatic amines is 1. The highest BCUT2D eigenvalue weighted by atomic mass is 16.4. The van der Waals surface area contributed by atoms with E-state index in [-0.39, 0.29) is 25.2 Å². The molecule has 294 valence electrons. The van der Waals surface area contributed by atoms with Crippen molar-refractivity contribution < 1.29 is 54.0 Å². The van der Waals surface area contributed by atoms with Crippen LogP contribution in [-0.4, -0.2) is 140 Å². The topological polar surface area (TPSA) is 353 Å². The summed E-state index contributed by atoms with van der Waals surface area (Å²) in [5.41, 5.74) is 11.4. The fourth-order valence-corrected chi connectivity index (χ4v) is 4.70. The number of hydrogen-bond donors (Lipinski definition) is 13. The van der Waals surface area contributed by atoms with Crippen molar-refractivity contribution in [2.45, 2.75) is 108 Å². The molecule has 1 aromatic rings. The van der Waals surface area contributed by atoms with Crippen molar-refractivity contribution in [3.63, 3.8) is 0 Å². The van der Waals surface area contributed by atoms with E-state index >= 15 is 0 Å². The number of nitrogens with one attached hydrogen (secondary N) is 7. The molecule has 21 heteroatoms. The zero-order valence-electron chi connectivity index (χ0n) is 29.8. The van der Waals surface area contributed by atoms with Crippen LogP contribution in [0, 0.1) is 5.92 Å². The van der Waals surface area contributed by atoms with E-state index in [1.165, 1.54) is 26.4 Å². The Balaban J connectivity index is 3.05. The van der Waals surface area contributed by atoms with Gasteiger partial charge in [0, 0.05) is 18.3 Å². The summed E-state index contributed by atoms with van der Waals surface area (Å²) in [5, 5.41) is 53.1. The lowest BCUT2D eigenvalue weighted by Gasteiger charge is -2.28. The standard InChI is InChI=1S/C31H54N10O11/c1-15(2)9-21(27(47)40-23(13-43)29(49)36-16(3)25(45)37-20(31(51)52)7-5-6-8-32)39-30(50)24(17(4)44)41-28(48)22(10-18-11-34-14-35-18)38-26(46)19(33)12-42/h11,14-17,19-24,42-44H,5-10,12-13,32-33H2,1-4H3,(H,34,35)(H,36,49)(H,37,45)(H,38,46)(H,39,50)(H,40,47)(H,41,48)(H,51,52)/t16-,17+,19-,20-,21-,22-,23-,24-/m0/s1. The number of carbonyl (C=O) groups excluding carboxylic acids is 6. The third-order valence-corrected chi connectivity index (χ3v) is 7.68. The Morgan fingerprint density at radius 2 is 1.33 bits per heavy atom. The minimum absolute atomic E-state index is 0.00884. The normalized spacial score (nSPS) is 15.8. The summed E-state index contributed by atoms with van der Waals surface area (Å²) in [5.74, 6) is -7.00. The highest BCUT2D eigenvalue weighted by molar-refractivity contribution is 5.97. The lowest BCUT2D eigenvalue weighted by molar-refractivity contribution is -0.142. The van der Waals surface area contributed by atoms with Crippen LogP contribution in [0.2, 0.25) is 0 Å². The van der Waals surface area contributed by atoms with Crippen molar-refractivity contribution in [1.29, 1.82) is 0 Å². The molecular formula is C31H54N10O11. The van der Waals surface area contributed by atoms with Crippen LogP contribution in [0.5, 0.6) is 0 Å². The van der Waals surface area contributed by atoms with Gasteiger partial charge in [0.15, 0.2) is 0 Å². The van der Waals surface area contributed by atoms with Gasteiger partial charge in [0.1, 0.15) is 42.3 Å². The van der Waals surface area contributed by atoms with Crippen LogP contribution < -0.4 is 43.4 Å². The number of amides is 6. The van der Waals surface area contributed by atoms with Gasteiger partial charge in [-0.2, -0.15) is 0 Å². The first kappa shape index (κ1) is 45.3. The van der Waals surface area contributed by atoms with E-state index in [0.29, 0.717) is 25.1 Å². The highest BCUT2D eigenvalue weighted by Gasteiger charge is 2.35. The van der Waals surface area contributed by atoms with Crippen LogP contribution in [0.25, 0.3) is 0 Å². The summed E-state index contributed by atoms with van der Waals surface area (Å²) in [6.07, 6.45) is 2.18. The second-order valence-corrected chi connectivity index (χ2v) is 12.7. The van der Waals surface area contributed by atoms with Crippen LogP contribution in [0.3, 0.4) is 0 Å². The van der Waals surface area contributed by atoms with Crippen molar-refractivity contribution in [1.82, 2.24) is 41.9 Å². The Labute approximate surface area is 300 Å². The number of hydrogen-bond acceptors (Lipinski definition) is 13. The average Bonchev–Trinajstić information content (AvgIpc) is 3.60. The number of imidazole rings is 1. The molecule has 0 spiro atoms. The minimum atomic E-state index is -1.65. The zero-order valence-corrected chi connectivity index (χ0v) is 29.8. The van der Waals surface area contributed by atoms with Crippen molar-refractivity contribution in [2.75, 3.05) is 19.8 Å². The lowest BCUT2D eigenvalue weighted by Crippen LogP contribution is -2.62. The van der Waals surface area contributed by atoms with E-state index in [0.717, 1.165) is 0 Å². The Bertz CT molecular complexity index is 1330. The molecule has 0 aliphatic heterocycles. The molecule has 0 aliphatic carbocycles. The molecule has 0 saturated heterocycles. The van der Waals surface area contributed by atoms with Crippen LogP contribution in [-0.2, 0) is 40.0 Å². The number of unbranched alkanes of at least 4 members (excludes halogenated alkanes) is 1. The molecule has 0 unspecified atom stereocenters. The predicted octanol–water partition coefficient (Wildman–Crippen LogP) is -5.17. The van der Waals surface area contributed by atoms with Crippen molar-refractivity contribution in [2.24, 2.45) is 17.4 Å². The summed E-state index contributed by atoms with van der Waals surface area (Å²) in [6.45, 7) is 4.67. The Morgan fingerprint density at radius 1 is 0.750 bits per heavy atom. The second-order valence-electron chi connectivity index (χ2n) is 12.7. The maximum absolute atomic E-state index is 13.4. The first-order valence-corrected chi connectivity index (χ1v) is 16.8. The first-order valence-electron chi connectivity index (χ1n) is 16.8. The molecule has 21 nitrogen and oxygen atoms in total. The molecule has 1 aromatic heterocycles. The molecule has 1 heterocycles. The van der Waals surface area contributed by atoms with Gasteiger partial charge >= 0.3 is 5.97 Å². The molecule has 0 aromatic carbocycles. The predicted molar refractivity (Wildman–Crippen MR) is 183 cm³/mol. The Hall–Kier alpha value is -4.70. The number of aliphatic hydroxyl groups is 3. The minimum Gasteiger partial charge on any atom is -0.480 e. The average molecular weight is 743 g/mol. The third-order valence-electron chi connectivity index (χ3n) is 7.68.